The second-order valence-electron chi connectivity index (χ2n) is 6.05. The van der Waals surface area contributed by atoms with E-state index in [1.54, 1.807) is 0 Å². The molecule has 3 aromatic rings. The highest BCUT2D eigenvalue weighted by Gasteiger charge is 2.16. The van der Waals surface area contributed by atoms with E-state index in [4.69, 9.17) is 0 Å². The maximum absolute atomic E-state index is 2.29. The zero-order valence-corrected chi connectivity index (χ0v) is 13.7. The number of nitrogens with zero attached hydrogens (tertiary/aromatic N) is 1. The summed E-state index contributed by atoms with van der Waals surface area (Å²) < 4.78 is 2.23. The van der Waals surface area contributed by atoms with Crippen LogP contribution in [-0.4, -0.2) is 0 Å². The van der Waals surface area contributed by atoms with E-state index in [9.17, 15) is 0 Å². The van der Waals surface area contributed by atoms with Crippen LogP contribution in [0.2, 0.25) is 0 Å². The fraction of sp³-hybridized carbons (Fsp3) is 0.190. The summed E-state index contributed by atoms with van der Waals surface area (Å²) in [6.45, 7) is 6.51. The molecule has 0 N–H and O–H groups in total. The van der Waals surface area contributed by atoms with Crippen molar-refractivity contribution in [2.24, 2.45) is 7.05 Å². The van der Waals surface area contributed by atoms with E-state index in [0.29, 0.717) is 0 Å². The zero-order chi connectivity index (χ0) is 15.7. The third-order valence-electron chi connectivity index (χ3n) is 4.22. The summed E-state index contributed by atoms with van der Waals surface area (Å²) in [5.41, 5.74) is 9.05. The Morgan fingerprint density at radius 2 is 1.41 bits per heavy atom. The molecule has 0 spiro atoms. The van der Waals surface area contributed by atoms with Gasteiger partial charge in [0.2, 0.25) is 5.69 Å². The molecule has 0 fully saturated rings. The number of hydrogen-bond donors (Lipinski definition) is 0. The van der Waals surface area contributed by atoms with E-state index in [-0.39, 0.29) is 0 Å². The van der Waals surface area contributed by atoms with Gasteiger partial charge in [0.05, 0.1) is 0 Å². The lowest BCUT2D eigenvalue weighted by molar-refractivity contribution is -0.660. The Kier molecular flexibility index (Phi) is 3.81. The molecule has 1 nitrogen and oxygen atoms in total. The molecule has 0 unspecified atom stereocenters. The van der Waals surface area contributed by atoms with Gasteiger partial charge in [-0.15, -0.1) is 0 Å². The predicted molar refractivity (Wildman–Crippen MR) is 92.7 cm³/mol. The highest BCUT2D eigenvalue weighted by atomic mass is 14.9. The average Bonchev–Trinajstić information content (AvgIpc) is 2.50. The van der Waals surface area contributed by atoms with E-state index in [1.807, 2.05) is 0 Å². The number of rotatable bonds is 2. The van der Waals surface area contributed by atoms with Gasteiger partial charge in [0.25, 0.3) is 0 Å². The molecule has 0 radical (unpaired) electrons. The van der Waals surface area contributed by atoms with Gasteiger partial charge in [0.1, 0.15) is 7.05 Å². The quantitative estimate of drug-likeness (QED) is 0.598. The lowest BCUT2D eigenvalue weighted by Crippen LogP contribution is -2.31. The van der Waals surface area contributed by atoms with Crippen molar-refractivity contribution < 1.29 is 4.57 Å². The number of benzene rings is 2. The van der Waals surface area contributed by atoms with Crippen molar-refractivity contribution in [3.8, 4) is 22.4 Å². The van der Waals surface area contributed by atoms with Crippen molar-refractivity contribution in [2.75, 3.05) is 0 Å². The molecule has 1 heteroatoms. The molecule has 3 rings (SSSR count). The van der Waals surface area contributed by atoms with Crippen LogP contribution < -0.4 is 4.57 Å². The summed E-state index contributed by atoms with van der Waals surface area (Å²) in [7, 11) is 2.13. The first-order valence-electron chi connectivity index (χ1n) is 7.69. The molecule has 0 bridgehead atoms. The maximum Gasteiger partial charge on any atom is 0.212 e. The Labute approximate surface area is 132 Å². The van der Waals surface area contributed by atoms with Crippen molar-refractivity contribution in [3.63, 3.8) is 0 Å². The van der Waals surface area contributed by atoms with Crippen LogP contribution in [0.25, 0.3) is 22.4 Å². The van der Waals surface area contributed by atoms with Crippen LogP contribution in [0.5, 0.6) is 0 Å². The number of aryl methyl sites for hydroxylation is 4. The molecule has 0 aliphatic rings. The van der Waals surface area contributed by atoms with Gasteiger partial charge >= 0.3 is 0 Å². The number of hydrogen-bond acceptors (Lipinski definition) is 0. The minimum absolute atomic E-state index is 1.26. The van der Waals surface area contributed by atoms with E-state index < -0.39 is 0 Å². The van der Waals surface area contributed by atoms with Crippen LogP contribution >= 0.6 is 0 Å². The summed E-state index contributed by atoms with van der Waals surface area (Å²) in [6, 6.07) is 19.5. The topological polar surface area (TPSA) is 3.88 Å². The fourth-order valence-corrected chi connectivity index (χ4v) is 3.04. The fourth-order valence-electron chi connectivity index (χ4n) is 3.04. The van der Waals surface area contributed by atoms with Crippen molar-refractivity contribution in [3.05, 3.63) is 77.5 Å². The van der Waals surface area contributed by atoms with Gasteiger partial charge in [0.15, 0.2) is 6.20 Å². The molecule has 0 aliphatic heterocycles. The van der Waals surface area contributed by atoms with Crippen molar-refractivity contribution in [2.45, 2.75) is 20.8 Å². The van der Waals surface area contributed by atoms with Gasteiger partial charge < -0.3 is 0 Å². The molecule has 1 heterocycles. The summed E-state index contributed by atoms with van der Waals surface area (Å²) in [5, 5.41) is 0. The Balaban J connectivity index is 2.14. The molecule has 0 amide bonds. The average molecular weight is 288 g/mol. The Morgan fingerprint density at radius 1 is 0.727 bits per heavy atom. The third-order valence-corrected chi connectivity index (χ3v) is 4.22. The molecule has 0 aliphatic carbocycles. The van der Waals surface area contributed by atoms with E-state index in [0.717, 1.165) is 0 Å². The molecule has 1 aromatic heterocycles. The van der Waals surface area contributed by atoms with Gasteiger partial charge in [-0.25, -0.2) is 4.57 Å². The molecular weight excluding hydrogens is 266 g/mol. The van der Waals surface area contributed by atoms with E-state index >= 15 is 0 Å². The molecule has 110 valence electrons. The van der Waals surface area contributed by atoms with Crippen molar-refractivity contribution >= 4 is 0 Å². The molecule has 22 heavy (non-hydrogen) atoms. The lowest BCUT2D eigenvalue weighted by Gasteiger charge is -2.10. The molecule has 2 aromatic carbocycles. The molecular formula is C21H22N+. The van der Waals surface area contributed by atoms with Crippen LogP contribution in [0.1, 0.15) is 16.7 Å². The minimum Gasteiger partial charge on any atom is -0.200 e. The second-order valence-corrected chi connectivity index (χ2v) is 6.05. The summed E-state index contributed by atoms with van der Waals surface area (Å²) in [4.78, 5) is 0. The first-order chi connectivity index (χ1) is 10.6. The monoisotopic (exact) mass is 288 g/mol. The van der Waals surface area contributed by atoms with Crippen molar-refractivity contribution in [1.82, 2.24) is 0 Å². The van der Waals surface area contributed by atoms with Crippen LogP contribution in [0.15, 0.2) is 60.8 Å². The number of pyridine rings is 1. The molecule has 0 atom stereocenters. The first kappa shape index (κ1) is 14.5. The molecule has 0 saturated heterocycles. The van der Waals surface area contributed by atoms with Crippen molar-refractivity contribution in [1.29, 1.82) is 0 Å². The normalized spacial score (nSPS) is 10.7. The number of aromatic nitrogens is 1. The Hall–Kier alpha value is -2.41. The predicted octanol–water partition coefficient (Wildman–Crippen LogP) is 4.77. The molecule has 0 saturated carbocycles. The Bertz CT molecular complexity index is 817. The minimum atomic E-state index is 1.26. The highest BCUT2D eigenvalue weighted by molar-refractivity contribution is 5.69. The maximum atomic E-state index is 2.29. The van der Waals surface area contributed by atoms with Gasteiger partial charge in [-0.3, -0.25) is 0 Å². The van der Waals surface area contributed by atoms with Crippen LogP contribution in [0.4, 0.5) is 0 Å². The van der Waals surface area contributed by atoms with Gasteiger partial charge in [-0.2, -0.15) is 0 Å². The lowest BCUT2D eigenvalue weighted by atomic mass is 9.97. The zero-order valence-electron chi connectivity index (χ0n) is 13.7. The van der Waals surface area contributed by atoms with Crippen LogP contribution in [-0.2, 0) is 7.05 Å². The standard InChI is InChI=1S/C21H22N/c1-15-10-11-19(16(2)12-15)21-13-17(3)20(14-22(21)4)18-8-6-5-7-9-18/h5-14H,1-4H3/q+1. The summed E-state index contributed by atoms with van der Waals surface area (Å²) in [5.74, 6) is 0. The van der Waals surface area contributed by atoms with Crippen LogP contribution in [0, 0.1) is 20.8 Å². The van der Waals surface area contributed by atoms with Gasteiger partial charge in [-0.1, -0.05) is 48.0 Å². The smallest absolute Gasteiger partial charge is 0.200 e. The van der Waals surface area contributed by atoms with E-state index in [1.165, 1.54) is 39.1 Å². The Morgan fingerprint density at radius 3 is 2.09 bits per heavy atom. The summed E-state index contributed by atoms with van der Waals surface area (Å²) in [6.07, 6.45) is 2.24. The second kappa shape index (κ2) is 5.76. The largest absolute Gasteiger partial charge is 0.212 e. The SMILES string of the molecule is Cc1ccc(-c2cc(C)c(-c3ccccc3)c[n+]2C)c(C)c1. The first-order valence-corrected chi connectivity index (χ1v) is 7.69. The van der Waals surface area contributed by atoms with Crippen LogP contribution in [0.3, 0.4) is 0 Å². The van der Waals surface area contributed by atoms with Gasteiger partial charge in [-0.05, 0) is 43.5 Å². The van der Waals surface area contributed by atoms with E-state index in [2.05, 4.69) is 93.2 Å². The third kappa shape index (κ3) is 2.67. The summed E-state index contributed by atoms with van der Waals surface area (Å²) >= 11 is 0. The highest BCUT2D eigenvalue weighted by Crippen LogP contribution is 2.27. The van der Waals surface area contributed by atoms with Gasteiger partial charge in [0, 0.05) is 17.2 Å².